The Morgan fingerprint density at radius 2 is 2.18 bits per heavy atom. The van der Waals surface area contributed by atoms with Crippen molar-refractivity contribution >= 4 is 28.4 Å². The van der Waals surface area contributed by atoms with Crippen molar-refractivity contribution in [3.05, 3.63) is 51.7 Å². The molecule has 17 heavy (non-hydrogen) atoms. The minimum Gasteiger partial charge on any atom is -0.489 e. The second-order valence-electron chi connectivity index (χ2n) is 3.51. The first kappa shape index (κ1) is 12.2. The van der Waals surface area contributed by atoms with E-state index in [1.165, 1.54) is 3.57 Å². The summed E-state index contributed by atoms with van der Waals surface area (Å²) >= 11 is 2.27. The Hall–Kier alpha value is -1.30. The van der Waals surface area contributed by atoms with E-state index >= 15 is 0 Å². The second-order valence-corrected chi connectivity index (χ2v) is 4.75. The van der Waals surface area contributed by atoms with Gasteiger partial charge in [-0.15, -0.1) is 0 Å². The number of hydrogen-bond donors (Lipinski definition) is 1. The highest BCUT2D eigenvalue weighted by Gasteiger charge is 2.02. The van der Waals surface area contributed by atoms with Gasteiger partial charge in [0.25, 0.3) is 0 Å². The summed E-state index contributed by atoms with van der Waals surface area (Å²) in [7, 11) is 1.86. The fraction of sp³-hybridized carbons (Fsp3) is 0.154. The first-order valence-electron chi connectivity index (χ1n) is 5.29. The number of benzene rings is 1. The lowest BCUT2D eigenvalue weighted by Crippen LogP contribution is -2.02. The van der Waals surface area contributed by atoms with Crippen LogP contribution in [0.1, 0.15) is 5.56 Å². The Balaban J connectivity index is 2.07. The minimum absolute atomic E-state index is 0.518. The van der Waals surface area contributed by atoms with Crippen LogP contribution in [0.3, 0.4) is 0 Å². The number of ether oxygens (including phenoxy) is 1. The van der Waals surface area contributed by atoms with Crippen LogP contribution < -0.4 is 10.1 Å². The van der Waals surface area contributed by atoms with Gasteiger partial charge >= 0.3 is 0 Å². The number of nitrogens with zero attached hydrogens (tertiary/aromatic N) is 1. The Morgan fingerprint density at radius 1 is 1.29 bits per heavy atom. The summed E-state index contributed by atoms with van der Waals surface area (Å²) in [6.45, 7) is 0.518. The first-order chi connectivity index (χ1) is 8.29. The highest BCUT2D eigenvalue weighted by atomic mass is 127. The molecule has 0 aliphatic rings. The highest BCUT2D eigenvalue weighted by Crippen LogP contribution is 2.18. The molecule has 0 amide bonds. The molecular weight excluding hydrogens is 327 g/mol. The Labute approximate surface area is 114 Å². The fourth-order valence-corrected chi connectivity index (χ4v) is 2.01. The molecule has 0 fully saturated rings. The molecule has 88 valence electrons. The van der Waals surface area contributed by atoms with Gasteiger partial charge in [-0.25, -0.2) is 4.98 Å². The molecule has 1 aromatic heterocycles. The van der Waals surface area contributed by atoms with Gasteiger partial charge in [0.1, 0.15) is 18.2 Å². The molecule has 0 atom stereocenters. The van der Waals surface area contributed by atoms with Crippen molar-refractivity contribution in [3.8, 4) is 5.75 Å². The molecule has 1 heterocycles. The molecule has 1 N–H and O–H groups in total. The maximum absolute atomic E-state index is 5.73. The quantitative estimate of drug-likeness (QED) is 0.868. The van der Waals surface area contributed by atoms with Crippen LogP contribution in [0.15, 0.2) is 42.6 Å². The standard InChI is InChI=1S/C13H13IN2O/c1-15-13-10(4-3-7-16-13)9-17-12-6-2-5-11(14)8-12/h2-8H,9H2,1H3,(H,15,16). The first-order valence-corrected chi connectivity index (χ1v) is 6.37. The van der Waals surface area contributed by atoms with Crippen LogP contribution >= 0.6 is 22.6 Å². The second kappa shape index (κ2) is 5.86. The Morgan fingerprint density at radius 3 is 2.94 bits per heavy atom. The summed E-state index contributed by atoms with van der Waals surface area (Å²) in [6.07, 6.45) is 1.76. The molecule has 0 bridgehead atoms. The molecule has 0 aliphatic carbocycles. The third-order valence-electron chi connectivity index (χ3n) is 2.32. The highest BCUT2D eigenvalue weighted by molar-refractivity contribution is 14.1. The number of rotatable bonds is 4. The average Bonchev–Trinajstić information content (AvgIpc) is 2.37. The van der Waals surface area contributed by atoms with Gasteiger partial charge in [-0.05, 0) is 46.9 Å². The summed E-state index contributed by atoms with van der Waals surface area (Å²) in [5, 5.41) is 3.05. The van der Waals surface area contributed by atoms with E-state index < -0.39 is 0 Å². The number of pyridine rings is 1. The maximum atomic E-state index is 5.73. The molecule has 0 aliphatic heterocycles. The van der Waals surface area contributed by atoms with Gasteiger partial charge in [-0.2, -0.15) is 0 Å². The van der Waals surface area contributed by atoms with Crippen molar-refractivity contribution in [2.24, 2.45) is 0 Å². The minimum atomic E-state index is 0.518. The van der Waals surface area contributed by atoms with Gasteiger partial charge in [0.05, 0.1) is 0 Å². The van der Waals surface area contributed by atoms with E-state index in [2.05, 4.69) is 32.9 Å². The molecule has 4 heteroatoms. The lowest BCUT2D eigenvalue weighted by atomic mass is 10.2. The van der Waals surface area contributed by atoms with Crippen LogP contribution in [-0.2, 0) is 6.61 Å². The third kappa shape index (κ3) is 3.33. The maximum Gasteiger partial charge on any atom is 0.132 e. The van der Waals surface area contributed by atoms with Crippen LogP contribution in [0.2, 0.25) is 0 Å². The molecule has 0 saturated carbocycles. The van der Waals surface area contributed by atoms with Crippen molar-refractivity contribution in [1.29, 1.82) is 0 Å². The van der Waals surface area contributed by atoms with Crippen LogP contribution in [-0.4, -0.2) is 12.0 Å². The molecule has 0 saturated heterocycles. The average molecular weight is 340 g/mol. The zero-order valence-electron chi connectivity index (χ0n) is 9.48. The van der Waals surface area contributed by atoms with E-state index in [0.717, 1.165) is 17.1 Å². The molecule has 0 unspecified atom stereocenters. The van der Waals surface area contributed by atoms with Crippen LogP contribution in [0.4, 0.5) is 5.82 Å². The van der Waals surface area contributed by atoms with Crippen LogP contribution in [0.5, 0.6) is 5.75 Å². The predicted octanol–water partition coefficient (Wildman–Crippen LogP) is 3.31. The molecule has 1 aromatic carbocycles. The number of hydrogen-bond acceptors (Lipinski definition) is 3. The van der Waals surface area contributed by atoms with Gasteiger partial charge in [-0.1, -0.05) is 12.1 Å². The molecular formula is C13H13IN2O. The van der Waals surface area contributed by atoms with Crippen molar-refractivity contribution in [1.82, 2.24) is 4.98 Å². The van der Waals surface area contributed by atoms with E-state index in [9.17, 15) is 0 Å². The molecule has 2 rings (SSSR count). The van der Waals surface area contributed by atoms with Crippen molar-refractivity contribution < 1.29 is 4.74 Å². The summed E-state index contributed by atoms with van der Waals surface area (Å²) < 4.78 is 6.90. The van der Waals surface area contributed by atoms with Crippen LogP contribution in [0, 0.1) is 3.57 Å². The van der Waals surface area contributed by atoms with Gasteiger partial charge < -0.3 is 10.1 Å². The van der Waals surface area contributed by atoms with Gasteiger partial charge in [0.2, 0.25) is 0 Å². The fourth-order valence-electron chi connectivity index (χ4n) is 1.50. The number of halogens is 1. The van der Waals surface area contributed by atoms with E-state index in [1.54, 1.807) is 6.20 Å². The lowest BCUT2D eigenvalue weighted by Gasteiger charge is -2.09. The number of aromatic nitrogens is 1. The summed E-state index contributed by atoms with van der Waals surface area (Å²) in [6, 6.07) is 11.9. The van der Waals surface area contributed by atoms with Gasteiger partial charge in [0.15, 0.2) is 0 Å². The number of nitrogens with one attached hydrogen (secondary N) is 1. The van der Waals surface area contributed by atoms with Crippen molar-refractivity contribution in [2.75, 3.05) is 12.4 Å². The summed E-state index contributed by atoms with van der Waals surface area (Å²) in [5.41, 5.74) is 1.05. The predicted molar refractivity (Wildman–Crippen MR) is 77.3 cm³/mol. The normalized spacial score (nSPS) is 10.0. The SMILES string of the molecule is CNc1ncccc1COc1cccc(I)c1. The summed E-state index contributed by atoms with van der Waals surface area (Å²) in [5.74, 6) is 1.74. The molecule has 0 radical (unpaired) electrons. The number of anilines is 1. The van der Waals surface area contributed by atoms with Crippen molar-refractivity contribution in [2.45, 2.75) is 6.61 Å². The van der Waals surface area contributed by atoms with Gasteiger partial charge in [0, 0.05) is 22.4 Å². The molecule has 2 aromatic rings. The van der Waals surface area contributed by atoms with E-state index in [-0.39, 0.29) is 0 Å². The monoisotopic (exact) mass is 340 g/mol. The molecule has 0 spiro atoms. The zero-order valence-corrected chi connectivity index (χ0v) is 11.6. The Bertz CT molecular complexity index is 502. The van der Waals surface area contributed by atoms with E-state index in [0.29, 0.717) is 6.61 Å². The van der Waals surface area contributed by atoms with Crippen LogP contribution in [0.25, 0.3) is 0 Å². The topological polar surface area (TPSA) is 34.2 Å². The largest absolute Gasteiger partial charge is 0.489 e. The van der Waals surface area contributed by atoms with E-state index in [4.69, 9.17) is 4.74 Å². The zero-order chi connectivity index (χ0) is 12.1. The van der Waals surface area contributed by atoms with Gasteiger partial charge in [-0.3, -0.25) is 0 Å². The van der Waals surface area contributed by atoms with E-state index in [1.807, 2.05) is 43.4 Å². The molecule has 3 nitrogen and oxygen atoms in total. The summed E-state index contributed by atoms with van der Waals surface area (Å²) in [4.78, 5) is 4.23. The third-order valence-corrected chi connectivity index (χ3v) is 2.99. The lowest BCUT2D eigenvalue weighted by molar-refractivity contribution is 0.306. The van der Waals surface area contributed by atoms with Crippen molar-refractivity contribution in [3.63, 3.8) is 0 Å². The smallest absolute Gasteiger partial charge is 0.132 e. The Kier molecular flexibility index (Phi) is 4.19.